The van der Waals surface area contributed by atoms with Crippen LogP contribution in [-0.2, 0) is 0 Å². The van der Waals surface area contributed by atoms with Crippen LogP contribution in [0.25, 0.3) is 0 Å². The zero-order valence-electron chi connectivity index (χ0n) is 12.4. The molecule has 0 heterocycles. The van der Waals surface area contributed by atoms with Gasteiger partial charge in [-0.25, -0.2) is 0 Å². The number of benzene rings is 2. The van der Waals surface area contributed by atoms with Crippen LogP contribution in [0, 0.1) is 13.8 Å². The Morgan fingerprint density at radius 3 is 2.65 bits per heavy atom. The van der Waals surface area contributed by atoms with Crippen LogP contribution in [0.4, 0.5) is 5.69 Å². The van der Waals surface area contributed by atoms with Gasteiger partial charge in [-0.1, -0.05) is 31.2 Å². The van der Waals surface area contributed by atoms with Gasteiger partial charge in [-0.3, -0.25) is 4.99 Å². The minimum absolute atomic E-state index is 0.730. The fourth-order valence-corrected chi connectivity index (χ4v) is 1.95. The zero-order valence-corrected chi connectivity index (χ0v) is 12.4. The highest BCUT2D eigenvalue weighted by molar-refractivity contribution is 5.85. The lowest BCUT2D eigenvalue weighted by molar-refractivity contribution is 0.317. The van der Waals surface area contributed by atoms with Crippen LogP contribution < -0.4 is 4.74 Å². The first kappa shape index (κ1) is 14.3. The van der Waals surface area contributed by atoms with Gasteiger partial charge in [0.1, 0.15) is 5.75 Å². The van der Waals surface area contributed by atoms with Crippen LogP contribution in [0.2, 0.25) is 0 Å². The summed E-state index contributed by atoms with van der Waals surface area (Å²) in [7, 11) is 0. The summed E-state index contributed by atoms with van der Waals surface area (Å²) >= 11 is 0. The zero-order chi connectivity index (χ0) is 14.4. The number of hydrogen-bond donors (Lipinski definition) is 0. The first-order chi connectivity index (χ1) is 9.72. The number of para-hydroxylation sites is 1. The highest BCUT2D eigenvalue weighted by Crippen LogP contribution is 2.22. The molecular weight excluding hydrogens is 246 g/mol. The Balaban J connectivity index is 2.25. The molecule has 20 heavy (non-hydrogen) atoms. The predicted octanol–water partition coefficient (Wildman–Crippen LogP) is 4.84. The van der Waals surface area contributed by atoms with Crippen molar-refractivity contribution < 1.29 is 4.74 Å². The maximum Gasteiger partial charge on any atom is 0.128 e. The van der Waals surface area contributed by atoms with Crippen molar-refractivity contribution in [2.75, 3.05) is 6.61 Å². The first-order valence-corrected chi connectivity index (χ1v) is 7.04. The molecule has 0 atom stereocenters. The van der Waals surface area contributed by atoms with Gasteiger partial charge >= 0.3 is 0 Å². The molecule has 0 radical (unpaired) electrons. The van der Waals surface area contributed by atoms with Crippen molar-refractivity contribution in [2.45, 2.75) is 27.2 Å². The van der Waals surface area contributed by atoms with E-state index in [0.717, 1.165) is 30.0 Å². The average Bonchev–Trinajstić information content (AvgIpc) is 2.47. The Morgan fingerprint density at radius 2 is 1.85 bits per heavy atom. The van der Waals surface area contributed by atoms with Gasteiger partial charge in [0, 0.05) is 11.8 Å². The quantitative estimate of drug-likeness (QED) is 0.710. The van der Waals surface area contributed by atoms with Crippen molar-refractivity contribution in [1.82, 2.24) is 0 Å². The first-order valence-electron chi connectivity index (χ1n) is 7.04. The van der Waals surface area contributed by atoms with Crippen molar-refractivity contribution >= 4 is 11.9 Å². The maximum atomic E-state index is 5.74. The van der Waals surface area contributed by atoms with E-state index in [0.29, 0.717) is 0 Å². The predicted molar refractivity (Wildman–Crippen MR) is 85.4 cm³/mol. The summed E-state index contributed by atoms with van der Waals surface area (Å²) in [5.74, 6) is 0.892. The summed E-state index contributed by atoms with van der Waals surface area (Å²) < 4.78 is 5.74. The molecule has 0 saturated carbocycles. The number of aryl methyl sites for hydroxylation is 1. The van der Waals surface area contributed by atoms with E-state index in [1.807, 2.05) is 42.6 Å². The SMILES string of the molecule is CCCOc1ccccc1C=Nc1cccc(C)c1C. The van der Waals surface area contributed by atoms with Crippen molar-refractivity contribution in [1.29, 1.82) is 0 Å². The van der Waals surface area contributed by atoms with Gasteiger partial charge in [0.25, 0.3) is 0 Å². The number of nitrogens with zero attached hydrogens (tertiary/aromatic N) is 1. The summed E-state index contributed by atoms with van der Waals surface area (Å²) in [4.78, 5) is 4.60. The number of hydrogen-bond acceptors (Lipinski definition) is 2. The van der Waals surface area contributed by atoms with E-state index >= 15 is 0 Å². The smallest absolute Gasteiger partial charge is 0.128 e. The van der Waals surface area contributed by atoms with Crippen LogP contribution in [0.1, 0.15) is 30.0 Å². The summed E-state index contributed by atoms with van der Waals surface area (Å²) in [5.41, 5.74) is 4.50. The van der Waals surface area contributed by atoms with Crippen LogP contribution in [-0.4, -0.2) is 12.8 Å². The molecule has 0 aliphatic carbocycles. The van der Waals surface area contributed by atoms with E-state index < -0.39 is 0 Å². The molecule has 0 amide bonds. The molecule has 0 spiro atoms. The van der Waals surface area contributed by atoms with Gasteiger partial charge in [-0.15, -0.1) is 0 Å². The van der Waals surface area contributed by atoms with Gasteiger partial charge in [-0.05, 0) is 49.6 Å². The molecule has 2 aromatic carbocycles. The second-order valence-corrected chi connectivity index (χ2v) is 4.86. The van der Waals surface area contributed by atoms with Gasteiger partial charge in [0.2, 0.25) is 0 Å². The maximum absolute atomic E-state index is 5.74. The van der Waals surface area contributed by atoms with Crippen molar-refractivity contribution in [2.24, 2.45) is 4.99 Å². The molecule has 0 bridgehead atoms. The minimum atomic E-state index is 0.730. The summed E-state index contributed by atoms with van der Waals surface area (Å²) in [6.45, 7) is 7.04. The van der Waals surface area contributed by atoms with Crippen LogP contribution in [0.3, 0.4) is 0 Å². The van der Waals surface area contributed by atoms with E-state index in [4.69, 9.17) is 4.74 Å². The van der Waals surface area contributed by atoms with E-state index in [1.165, 1.54) is 11.1 Å². The fourth-order valence-electron chi connectivity index (χ4n) is 1.95. The molecule has 0 aromatic heterocycles. The van der Waals surface area contributed by atoms with Crippen molar-refractivity contribution in [3.05, 3.63) is 59.2 Å². The highest BCUT2D eigenvalue weighted by atomic mass is 16.5. The molecule has 0 N–H and O–H groups in total. The van der Waals surface area contributed by atoms with Gasteiger partial charge in [0.15, 0.2) is 0 Å². The lowest BCUT2D eigenvalue weighted by atomic mass is 10.1. The summed E-state index contributed by atoms with van der Waals surface area (Å²) in [6, 6.07) is 14.2. The van der Waals surface area contributed by atoms with Crippen LogP contribution >= 0.6 is 0 Å². The molecule has 104 valence electrons. The topological polar surface area (TPSA) is 21.6 Å². The molecule has 0 fully saturated rings. The standard InChI is InChI=1S/C18H21NO/c1-4-12-20-18-11-6-5-9-16(18)13-19-17-10-7-8-14(2)15(17)3/h5-11,13H,4,12H2,1-3H3. The monoisotopic (exact) mass is 267 g/mol. The molecule has 2 rings (SSSR count). The molecule has 2 heteroatoms. The minimum Gasteiger partial charge on any atom is -0.493 e. The summed E-state index contributed by atoms with van der Waals surface area (Å²) in [6.07, 6.45) is 2.88. The Bertz CT molecular complexity index is 602. The Hall–Kier alpha value is -2.09. The van der Waals surface area contributed by atoms with E-state index in [-0.39, 0.29) is 0 Å². The average molecular weight is 267 g/mol. The molecule has 2 nitrogen and oxygen atoms in total. The van der Waals surface area contributed by atoms with Gasteiger partial charge in [0.05, 0.1) is 12.3 Å². The number of ether oxygens (including phenoxy) is 1. The molecular formula is C18H21NO. The highest BCUT2D eigenvalue weighted by Gasteiger charge is 2.01. The lowest BCUT2D eigenvalue weighted by Crippen LogP contribution is -1.98. The third-order valence-corrected chi connectivity index (χ3v) is 3.30. The van der Waals surface area contributed by atoms with Crippen LogP contribution in [0.15, 0.2) is 47.5 Å². The van der Waals surface area contributed by atoms with E-state index in [2.05, 4.69) is 31.8 Å². The molecule has 0 aliphatic heterocycles. The Kier molecular flexibility index (Phi) is 4.94. The molecule has 2 aromatic rings. The van der Waals surface area contributed by atoms with Crippen molar-refractivity contribution in [3.63, 3.8) is 0 Å². The fraction of sp³-hybridized carbons (Fsp3) is 0.278. The number of aliphatic imine (C=N–C) groups is 1. The second kappa shape index (κ2) is 6.90. The molecule has 0 aliphatic rings. The lowest BCUT2D eigenvalue weighted by Gasteiger charge is -2.08. The van der Waals surface area contributed by atoms with Crippen LogP contribution in [0.5, 0.6) is 5.75 Å². The second-order valence-electron chi connectivity index (χ2n) is 4.86. The molecule has 0 saturated heterocycles. The third-order valence-electron chi connectivity index (χ3n) is 3.30. The third kappa shape index (κ3) is 3.47. The Labute approximate surface area is 121 Å². The van der Waals surface area contributed by atoms with Gasteiger partial charge in [-0.2, -0.15) is 0 Å². The van der Waals surface area contributed by atoms with Crippen molar-refractivity contribution in [3.8, 4) is 5.75 Å². The largest absolute Gasteiger partial charge is 0.493 e. The van der Waals surface area contributed by atoms with E-state index in [1.54, 1.807) is 0 Å². The van der Waals surface area contributed by atoms with Gasteiger partial charge < -0.3 is 4.74 Å². The normalized spacial score (nSPS) is 10.9. The molecule has 0 unspecified atom stereocenters. The van der Waals surface area contributed by atoms with E-state index in [9.17, 15) is 0 Å². The number of rotatable bonds is 5. The summed E-state index contributed by atoms with van der Waals surface area (Å²) in [5, 5.41) is 0. The Morgan fingerprint density at radius 1 is 1.05 bits per heavy atom.